The molecule has 0 aromatic carbocycles. The minimum Gasteiger partial charge on any atom is -0.397 e. The number of aliphatic hydroxyl groups excluding tert-OH is 1. The number of pyridine rings is 1. The molecule has 0 spiro atoms. The van der Waals surface area contributed by atoms with Crippen LogP contribution in [-0.4, -0.2) is 10.1 Å². The van der Waals surface area contributed by atoms with E-state index in [1.54, 1.807) is 42.6 Å². The van der Waals surface area contributed by atoms with Crippen molar-refractivity contribution >= 4 is 5.70 Å². The second-order valence-electron chi connectivity index (χ2n) is 2.95. The van der Waals surface area contributed by atoms with Gasteiger partial charge in [-0.05, 0) is 17.7 Å². The van der Waals surface area contributed by atoms with Gasteiger partial charge in [-0.25, -0.2) is 0 Å². The van der Waals surface area contributed by atoms with Crippen molar-refractivity contribution in [2.75, 3.05) is 0 Å². The number of nitrogens with two attached hydrogens (primary N) is 1. The lowest BCUT2D eigenvalue weighted by Gasteiger charge is -2.00. The molecule has 0 amide bonds. The van der Waals surface area contributed by atoms with E-state index in [0.717, 1.165) is 5.56 Å². The van der Waals surface area contributed by atoms with E-state index in [2.05, 4.69) is 11.6 Å². The molecule has 0 aliphatic rings. The number of nitrogens with zero attached hydrogens (tertiary/aromatic N) is 1. The highest BCUT2D eigenvalue weighted by molar-refractivity contribution is 5.61. The highest BCUT2D eigenvalue weighted by atomic mass is 16.3. The Labute approximate surface area is 89.3 Å². The molecule has 0 unspecified atom stereocenters. The number of aromatic nitrogens is 1. The minimum absolute atomic E-state index is 0.00668. The van der Waals surface area contributed by atoms with Gasteiger partial charge in [0.25, 0.3) is 0 Å². The van der Waals surface area contributed by atoms with Crippen molar-refractivity contribution in [3.8, 4) is 0 Å². The zero-order valence-electron chi connectivity index (χ0n) is 8.43. The minimum atomic E-state index is -0.00668. The molecule has 1 aromatic rings. The summed E-state index contributed by atoms with van der Waals surface area (Å²) in [7, 11) is 0. The van der Waals surface area contributed by atoms with Crippen LogP contribution >= 0.6 is 0 Å². The SMILES string of the molecule is C=C/C=C\C=C(/N)c1ccc(CO)cn1. The lowest BCUT2D eigenvalue weighted by atomic mass is 10.2. The standard InChI is InChI=1S/C12H14N2O/c1-2-3-4-5-11(13)12-7-6-10(9-15)8-14-12/h2-8,15H,1,9,13H2/b4-3-,11-5-. The Hall–Kier alpha value is -1.87. The summed E-state index contributed by atoms with van der Waals surface area (Å²) in [4.78, 5) is 4.12. The number of allylic oxidation sites excluding steroid dienone is 4. The van der Waals surface area contributed by atoms with Crippen molar-refractivity contribution in [1.29, 1.82) is 0 Å². The van der Waals surface area contributed by atoms with Gasteiger partial charge in [0.2, 0.25) is 0 Å². The maximum Gasteiger partial charge on any atom is 0.0859 e. The zero-order valence-corrected chi connectivity index (χ0v) is 8.43. The Balaban J connectivity index is 2.82. The van der Waals surface area contributed by atoms with Crippen LogP contribution in [0, 0.1) is 0 Å². The Kier molecular flexibility index (Phi) is 4.31. The van der Waals surface area contributed by atoms with Crippen LogP contribution in [0.15, 0.2) is 49.2 Å². The summed E-state index contributed by atoms with van der Waals surface area (Å²) >= 11 is 0. The molecule has 1 rings (SSSR count). The first-order chi connectivity index (χ1) is 7.27. The molecule has 3 heteroatoms. The van der Waals surface area contributed by atoms with E-state index in [-0.39, 0.29) is 6.61 Å². The van der Waals surface area contributed by atoms with E-state index in [1.165, 1.54) is 0 Å². The highest BCUT2D eigenvalue weighted by Gasteiger charge is 1.96. The van der Waals surface area contributed by atoms with E-state index in [1.807, 2.05) is 0 Å². The van der Waals surface area contributed by atoms with Crippen LogP contribution in [0.1, 0.15) is 11.3 Å². The molecule has 15 heavy (non-hydrogen) atoms. The summed E-state index contributed by atoms with van der Waals surface area (Å²) in [6.07, 6.45) is 8.61. The molecule has 0 saturated heterocycles. The molecule has 78 valence electrons. The van der Waals surface area contributed by atoms with E-state index in [9.17, 15) is 0 Å². The van der Waals surface area contributed by atoms with Gasteiger partial charge in [-0.2, -0.15) is 0 Å². The predicted molar refractivity (Wildman–Crippen MR) is 61.7 cm³/mol. The van der Waals surface area contributed by atoms with Gasteiger partial charge in [-0.15, -0.1) is 0 Å². The molecule has 0 bridgehead atoms. The van der Waals surface area contributed by atoms with Crippen molar-refractivity contribution in [2.24, 2.45) is 5.73 Å². The van der Waals surface area contributed by atoms with Gasteiger partial charge in [-0.1, -0.05) is 30.9 Å². The van der Waals surface area contributed by atoms with Gasteiger partial charge in [-0.3, -0.25) is 4.98 Å². The van der Waals surface area contributed by atoms with Crippen LogP contribution in [0.4, 0.5) is 0 Å². The first kappa shape index (κ1) is 11.2. The van der Waals surface area contributed by atoms with Crippen LogP contribution in [0.2, 0.25) is 0 Å². The molecule has 0 fully saturated rings. The summed E-state index contributed by atoms with van der Waals surface area (Å²) in [6.45, 7) is 3.55. The van der Waals surface area contributed by atoms with Crippen LogP contribution in [0.3, 0.4) is 0 Å². The first-order valence-corrected chi connectivity index (χ1v) is 4.59. The fraction of sp³-hybridized carbons (Fsp3) is 0.0833. The van der Waals surface area contributed by atoms with Crippen molar-refractivity contribution < 1.29 is 5.11 Å². The molecule has 0 aliphatic heterocycles. The largest absolute Gasteiger partial charge is 0.397 e. The molecule has 0 atom stereocenters. The molecule has 1 aromatic heterocycles. The lowest BCUT2D eigenvalue weighted by molar-refractivity contribution is 0.281. The molecule has 0 saturated carbocycles. The van der Waals surface area contributed by atoms with Crippen LogP contribution in [0.5, 0.6) is 0 Å². The zero-order chi connectivity index (χ0) is 11.1. The first-order valence-electron chi connectivity index (χ1n) is 4.59. The monoisotopic (exact) mass is 202 g/mol. The van der Waals surface area contributed by atoms with Gasteiger partial charge in [0.05, 0.1) is 18.0 Å². The van der Waals surface area contributed by atoms with Crippen molar-refractivity contribution in [2.45, 2.75) is 6.61 Å². The summed E-state index contributed by atoms with van der Waals surface area (Å²) in [5.74, 6) is 0. The molecule has 0 radical (unpaired) electrons. The van der Waals surface area contributed by atoms with Gasteiger partial charge in [0.1, 0.15) is 0 Å². The quantitative estimate of drug-likeness (QED) is 0.729. The Morgan fingerprint density at radius 1 is 1.47 bits per heavy atom. The Morgan fingerprint density at radius 2 is 2.27 bits per heavy atom. The molecule has 0 aliphatic carbocycles. The molecular formula is C12H14N2O. The maximum atomic E-state index is 8.83. The summed E-state index contributed by atoms with van der Waals surface area (Å²) in [5, 5.41) is 8.83. The van der Waals surface area contributed by atoms with Crippen LogP contribution in [0.25, 0.3) is 5.70 Å². The fourth-order valence-electron chi connectivity index (χ4n) is 1.01. The lowest BCUT2D eigenvalue weighted by Crippen LogP contribution is -1.99. The maximum absolute atomic E-state index is 8.83. The third kappa shape index (κ3) is 3.40. The number of hydrogen-bond donors (Lipinski definition) is 2. The van der Waals surface area contributed by atoms with Gasteiger partial charge < -0.3 is 10.8 Å². The third-order valence-corrected chi connectivity index (χ3v) is 1.83. The van der Waals surface area contributed by atoms with E-state index in [0.29, 0.717) is 11.4 Å². The van der Waals surface area contributed by atoms with Crippen molar-refractivity contribution in [3.63, 3.8) is 0 Å². The van der Waals surface area contributed by atoms with Crippen LogP contribution in [-0.2, 0) is 6.61 Å². The van der Waals surface area contributed by atoms with Gasteiger partial charge in [0, 0.05) is 6.20 Å². The Morgan fingerprint density at radius 3 is 2.80 bits per heavy atom. The molecule has 3 N–H and O–H groups in total. The summed E-state index contributed by atoms with van der Waals surface area (Å²) in [6, 6.07) is 3.57. The summed E-state index contributed by atoms with van der Waals surface area (Å²) in [5.41, 5.74) is 7.83. The third-order valence-electron chi connectivity index (χ3n) is 1.83. The van der Waals surface area contributed by atoms with E-state index >= 15 is 0 Å². The molecule has 1 heterocycles. The normalized spacial score (nSPS) is 11.9. The van der Waals surface area contributed by atoms with Crippen molar-refractivity contribution in [1.82, 2.24) is 4.98 Å². The fourth-order valence-corrected chi connectivity index (χ4v) is 1.01. The highest BCUT2D eigenvalue weighted by Crippen LogP contribution is 2.06. The number of aliphatic hydroxyl groups is 1. The number of rotatable bonds is 4. The Bertz CT molecular complexity index is 377. The average Bonchev–Trinajstić information content (AvgIpc) is 2.29. The van der Waals surface area contributed by atoms with E-state index in [4.69, 9.17) is 10.8 Å². The molecular weight excluding hydrogens is 188 g/mol. The van der Waals surface area contributed by atoms with Gasteiger partial charge >= 0.3 is 0 Å². The van der Waals surface area contributed by atoms with E-state index < -0.39 is 0 Å². The summed E-state index contributed by atoms with van der Waals surface area (Å²) < 4.78 is 0. The number of hydrogen-bond acceptors (Lipinski definition) is 3. The van der Waals surface area contributed by atoms with Gasteiger partial charge in [0.15, 0.2) is 0 Å². The topological polar surface area (TPSA) is 59.1 Å². The van der Waals surface area contributed by atoms with Crippen molar-refractivity contribution in [3.05, 3.63) is 60.5 Å². The van der Waals surface area contributed by atoms with Crippen LogP contribution < -0.4 is 5.73 Å². The second kappa shape index (κ2) is 5.78. The predicted octanol–water partition coefficient (Wildman–Crippen LogP) is 1.62. The molecule has 3 nitrogen and oxygen atoms in total. The average molecular weight is 202 g/mol. The second-order valence-corrected chi connectivity index (χ2v) is 2.95. The smallest absolute Gasteiger partial charge is 0.0859 e.